The van der Waals surface area contributed by atoms with Crippen LogP contribution in [0.25, 0.3) is 0 Å². The third-order valence-electron chi connectivity index (χ3n) is 4.14. The number of amides is 1. The van der Waals surface area contributed by atoms with Gasteiger partial charge in [0.15, 0.2) is 0 Å². The van der Waals surface area contributed by atoms with E-state index in [2.05, 4.69) is 20.5 Å². The van der Waals surface area contributed by atoms with Crippen molar-refractivity contribution in [1.82, 2.24) is 20.5 Å². The number of hydrogen-bond acceptors (Lipinski definition) is 4. The topological polar surface area (TPSA) is 57.3 Å². The normalized spacial score (nSPS) is 17.7. The summed E-state index contributed by atoms with van der Waals surface area (Å²) in [6.07, 6.45) is 4.05. The number of aromatic nitrogens is 1. The third-order valence-corrected chi connectivity index (χ3v) is 4.14. The molecule has 2 rings (SSSR count). The Bertz CT molecular complexity index is 454. The number of piperidine rings is 1. The minimum atomic E-state index is -0.00739. The Kier molecular flexibility index (Phi) is 5.70. The first-order chi connectivity index (χ1) is 10.1. The van der Waals surface area contributed by atoms with Gasteiger partial charge in [-0.25, -0.2) is 0 Å². The van der Waals surface area contributed by atoms with E-state index in [4.69, 9.17) is 0 Å². The molecule has 5 nitrogen and oxygen atoms in total. The van der Waals surface area contributed by atoms with E-state index < -0.39 is 0 Å². The van der Waals surface area contributed by atoms with Crippen LogP contribution < -0.4 is 10.6 Å². The second kappa shape index (κ2) is 7.52. The Labute approximate surface area is 127 Å². The lowest BCUT2D eigenvalue weighted by Gasteiger charge is -2.31. The molecule has 1 amide bonds. The molecule has 1 aliphatic rings. The number of hydrogen-bond donors (Lipinski definition) is 2. The van der Waals surface area contributed by atoms with Crippen molar-refractivity contribution in [2.24, 2.45) is 0 Å². The van der Waals surface area contributed by atoms with Crippen LogP contribution in [-0.2, 0) is 4.79 Å². The van der Waals surface area contributed by atoms with Gasteiger partial charge in [-0.05, 0) is 58.5 Å². The second-order valence-electron chi connectivity index (χ2n) is 5.92. The molecule has 0 unspecified atom stereocenters. The molecule has 2 heterocycles. The molecule has 0 saturated carbocycles. The number of aryl methyl sites for hydroxylation is 1. The average Bonchev–Trinajstić information content (AvgIpc) is 2.48. The molecule has 0 aliphatic carbocycles. The van der Waals surface area contributed by atoms with Gasteiger partial charge in [0.05, 0.1) is 12.6 Å². The molecule has 0 radical (unpaired) electrons. The molecule has 0 bridgehead atoms. The fourth-order valence-electron chi connectivity index (χ4n) is 2.71. The van der Waals surface area contributed by atoms with Crippen molar-refractivity contribution in [3.8, 4) is 0 Å². The molecule has 0 aromatic carbocycles. The van der Waals surface area contributed by atoms with Crippen molar-refractivity contribution in [3.05, 3.63) is 29.6 Å². The molecule has 1 aliphatic heterocycles. The molecule has 1 saturated heterocycles. The summed E-state index contributed by atoms with van der Waals surface area (Å²) in [5.74, 6) is 0.0732. The van der Waals surface area contributed by atoms with Crippen molar-refractivity contribution >= 4 is 5.91 Å². The number of carbonyl (C=O) groups excluding carboxylic acids is 1. The van der Waals surface area contributed by atoms with Crippen LogP contribution in [0.15, 0.2) is 18.3 Å². The van der Waals surface area contributed by atoms with Crippen LogP contribution in [0.5, 0.6) is 0 Å². The van der Waals surface area contributed by atoms with Crippen molar-refractivity contribution in [3.63, 3.8) is 0 Å². The largest absolute Gasteiger partial charge is 0.348 e. The lowest BCUT2D eigenvalue weighted by atomic mass is 10.1. The van der Waals surface area contributed by atoms with Crippen molar-refractivity contribution in [2.75, 3.05) is 26.7 Å². The van der Waals surface area contributed by atoms with Gasteiger partial charge in [-0.1, -0.05) is 6.07 Å². The molecule has 1 fully saturated rings. The number of likely N-dealkylation sites (N-methyl/N-ethyl adjacent to an activating group) is 1. The molecular weight excluding hydrogens is 264 g/mol. The standard InChI is InChI=1S/C16H26N4O/c1-12-4-5-14(10-18-12)13(2)19-16(21)11-20(3)15-6-8-17-9-7-15/h4-5,10,13,15,17H,6-9,11H2,1-3H3,(H,19,21)/t13-/m1/s1. The highest BCUT2D eigenvalue weighted by Gasteiger charge is 2.20. The summed E-state index contributed by atoms with van der Waals surface area (Å²) in [5.41, 5.74) is 2.03. The third kappa shape index (κ3) is 4.79. The predicted molar refractivity (Wildman–Crippen MR) is 84.1 cm³/mol. The molecule has 1 aromatic heterocycles. The Morgan fingerprint density at radius 1 is 1.48 bits per heavy atom. The van der Waals surface area contributed by atoms with Crippen LogP contribution in [0.1, 0.15) is 37.1 Å². The lowest BCUT2D eigenvalue weighted by molar-refractivity contribution is -0.123. The maximum absolute atomic E-state index is 12.2. The zero-order valence-corrected chi connectivity index (χ0v) is 13.2. The first kappa shape index (κ1) is 15.9. The van der Waals surface area contributed by atoms with Gasteiger partial charge >= 0.3 is 0 Å². The van der Waals surface area contributed by atoms with Crippen LogP contribution >= 0.6 is 0 Å². The van der Waals surface area contributed by atoms with Gasteiger partial charge < -0.3 is 10.6 Å². The Morgan fingerprint density at radius 3 is 2.81 bits per heavy atom. The molecule has 1 aromatic rings. The van der Waals surface area contributed by atoms with E-state index in [9.17, 15) is 4.79 Å². The van der Waals surface area contributed by atoms with Crippen molar-refractivity contribution in [1.29, 1.82) is 0 Å². The fourth-order valence-corrected chi connectivity index (χ4v) is 2.71. The van der Waals surface area contributed by atoms with Crippen LogP contribution in [0.4, 0.5) is 0 Å². The van der Waals surface area contributed by atoms with Crippen LogP contribution in [0.3, 0.4) is 0 Å². The number of nitrogens with one attached hydrogen (secondary N) is 2. The van der Waals surface area contributed by atoms with E-state index in [1.54, 1.807) is 0 Å². The summed E-state index contributed by atoms with van der Waals surface area (Å²) in [5, 5.41) is 6.40. The maximum atomic E-state index is 12.2. The molecular formula is C16H26N4O. The highest BCUT2D eigenvalue weighted by molar-refractivity contribution is 5.78. The maximum Gasteiger partial charge on any atom is 0.234 e. The Balaban J connectivity index is 1.81. The van der Waals surface area contributed by atoms with Gasteiger partial charge in [-0.15, -0.1) is 0 Å². The SMILES string of the molecule is Cc1ccc([C@@H](C)NC(=O)CN(C)C2CCNCC2)cn1. The summed E-state index contributed by atoms with van der Waals surface area (Å²) in [4.78, 5) is 18.6. The molecule has 0 spiro atoms. The van der Waals surface area contributed by atoms with Crippen LogP contribution in [-0.4, -0.2) is 48.5 Å². The number of nitrogens with zero attached hydrogens (tertiary/aromatic N) is 2. The minimum absolute atomic E-state index is 0.00739. The monoisotopic (exact) mass is 290 g/mol. The highest BCUT2D eigenvalue weighted by atomic mass is 16.2. The van der Waals surface area contributed by atoms with Gasteiger partial charge in [0.1, 0.15) is 0 Å². The van der Waals surface area contributed by atoms with E-state index >= 15 is 0 Å². The molecule has 116 valence electrons. The van der Waals surface area contributed by atoms with E-state index in [1.165, 1.54) is 0 Å². The average molecular weight is 290 g/mol. The van der Waals surface area contributed by atoms with Gasteiger partial charge in [0.2, 0.25) is 5.91 Å². The van der Waals surface area contributed by atoms with Gasteiger partial charge in [0.25, 0.3) is 0 Å². The number of rotatable bonds is 5. The zero-order valence-electron chi connectivity index (χ0n) is 13.2. The van der Waals surface area contributed by atoms with Gasteiger partial charge in [-0.3, -0.25) is 14.7 Å². The fraction of sp³-hybridized carbons (Fsp3) is 0.625. The summed E-state index contributed by atoms with van der Waals surface area (Å²) in [7, 11) is 2.04. The summed E-state index contributed by atoms with van der Waals surface area (Å²) in [6.45, 7) is 6.49. The molecule has 5 heteroatoms. The zero-order chi connectivity index (χ0) is 15.2. The number of carbonyl (C=O) groups is 1. The second-order valence-corrected chi connectivity index (χ2v) is 5.92. The van der Waals surface area contributed by atoms with E-state index in [-0.39, 0.29) is 11.9 Å². The Morgan fingerprint density at radius 2 is 2.19 bits per heavy atom. The predicted octanol–water partition coefficient (Wildman–Crippen LogP) is 1.25. The minimum Gasteiger partial charge on any atom is -0.348 e. The van der Waals surface area contributed by atoms with E-state index in [0.29, 0.717) is 12.6 Å². The first-order valence-corrected chi connectivity index (χ1v) is 7.69. The summed E-state index contributed by atoms with van der Waals surface area (Å²) in [6, 6.07) is 4.49. The lowest BCUT2D eigenvalue weighted by Crippen LogP contribution is -2.45. The van der Waals surface area contributed by atoms with Crippen LogP contribution in [0, 0.1) is 6.92 Å². The Hall–Kier alpha value is -1.46. The number of pyridine rings is 1. The van der Waals surface area contributed by atoms with E-state index in [1.807, 2.05) is 39.2 Å². The smallest absolute Gasteiger partial charge is 0.234 e. The van der Waals surface area contributed by atoms with Gasteiger partial charge in [0, 0.05) is 17.9 Å². The summed E-state index contributed by atoms with van der Waals surface area (Å²) < 4.78 is 0. The quantitative estimate of drug-likeness (QED) is 0.857. The van der Waals surface area contributed by atoms with Gasteiger partial charge in [-0.2, -0.15) is 0 Å². The molecule has 21 heavy (non-hydrogen) atoms. The van der Waals surface area contributed by atoms with E-state index in [0.717, 1.165) is 37.2 Å². The van der Waals surface area contributed by atoms with Crippen LogP contribution in [0.2, 0.25) is 0 Å². The molecule has 2 N–H and O–H groups in total. The van der Waals surface area contributed by atoms with Crippen molar-refractivity contribution in [2.45, 2.75) is 38.8 Å². The van der Waals surface area contributed by atoms with Crippen molar-refractivity contribution < 1.29 is 4.79 Å². The summed E-state index contributed by atoms with van der Waals surface area (Å²) >= 11 is 0. The molecule has 1 atom stereocenters. The first-order valence-electron chi connectivity index (χ1n) is 7.69. The highest BCUT2D eigenvalue weighted by Crippen LogP contribution is 2.12.